The van der Waals surface area contributed by atoms with Gasteiger partial charge in [-0.2, -0.15) is 0 Å². The summed E-state index contributed by atoms with van der Waals surface area (Å²) in [5.41, 5.74) is 4.53. The highest BCUT2D eigenvalue weighted by Crippen LogP contribution is 2.17. The van der Waals surface area contributed by atoms with Gasteiger partial charge in [-0.3, -0.25) is 0 Å². The monoisotopic (exact) mass is 294 g/mol. The lowest BCUT2D eigenvalue weighted by Gasteiger charge is -2.13. The van der Waals surface area contributed by atoms with Crippen LogP contribution in [-0.4, -0.2) is 40.1 Å². The van der Waals surface area contributed by atoms with Crippen LogP contribution in [0.1, 0.15) is 17.0 Å². The second-order valence-electron chi connectivity index (χ2n) is 5.99. The van der Waals surface area contributed by atoms with Gasteiger partial charge in [0, 0.05) is 25.7 Å². The van der Waals surface area contributed by atoms with Crippen molar-refractivity contribution in [1.29, 1.82) is 0 Å². The summed E-state index contributed by atoms with van der Waals surface area (Å²) in [6.07, 6.45) is 2.68. The highest BCUT2D eigenvalue weighted by Gasteiger charge is 2.12. The average molecular weight is 294 g/mol. The van der Waals surface area contributed by atoms with Gasteiger partial charge in [-0.15, -0.1) is 0 Å². The van der Waals surface area contributed by atoms with Gasteiger partial charge >= 0.3 is 0 Å². The Hall–Kier alpha value is -2.20. The Balaban J connectivity index is 1.98. The topological polar surface area (TPSA) is 34.0 Å². The second-order valence-corrected chi connectivity index (χ2v) is 5.99. The van der Waals surface area contributed by atoms with Crippen LogP contribution >= 0.6 is 0 Å². The summed E-state index contributed by atoms with van der Waals surface area (Å²) in [6, 6.07) is 12.6. The molecular weight excluding hydrogens is 272 g/mol. The zero-order valence-electron chi connectivity index (χ0n) is 13.5. The molecule has 4 heteroatoms. The lowest BCUT2D eigenvalue weighted by atomic mass is 10.1. The first-order valence-electron chi connectivity index (χ1n) is 7.64. The molecule has 1 aromatic carbocycles. The van der Waals surface area contributed by atoms with Crippen LogP contribution in [0.25, 0.3) is 11.2 Å². The summed E-state index contributed by atoms with van der Waals surface area (Å²) in [5.74, 6) is 1.08. The zero-order valence-corrected chi connectivity index (χ0v) is 13.5. The largest absolute Gasteiger partial charge is 0.311 e. The van der Waals surface area contributed by atoms with Gasteiger partial charge in [-0.25, -0.2) is 9.97 Å². The first-order chi connectivity index (χ1) is 10.6. The number of rotatable bonds is 5. The van der Waals surface area contributed by atoms with Crippen LogP contribution in [0.5, 0.6) is 0 Å². The molecule has 4 nitrogen and oxygen atoms in total. The maximum atomic E-state index is 4.80. The van der Waals surface area contributed by atoms with Gasteiger partial charge in [0.05, 0.1) is 0 Å². The second kappa shape index (κ2) is 6.28. The number of aryl methyl sites for hydroxylation is 1. The van der Waals surface area contributed by atoms with Crippen molar-refractivity contribution in [3.63, 3.8) is 0 Å². The molecule has 0 N–H and O–H groups in total. The fourth-order valence-corrected chi connectivity index (χ4v) is 2.68. The zero-order chi connectivity index (χ0) is 15.5. The summed E-state index contributed by atoms with van der Waals surface area (Å²) in [4.78, 5) is 11.5. The minimum Gasteiger partial charge on any atom is -0.311 e. The van der Waals surface area contributed by atoms with Gasteiger partial charge in [-0.05, 0) is 38.7 Å². The average Bonchev–Trinajstić information content (AvgIpc) is 2.82. The van der Waals surface area contributed by atoms with E-state index in [0.29, 0.717) is 0 Å². The molecule has 0 spiro atoms. The predicted molar refractivity (Wildman–Crippen MR) is 90.1 cm³/mol. The van der Waals surface area contributed by atoms with Crippen LogP contribution in [0.2, 0.25) is 0 Å². The Labute approximate surface area is 131 Å². The van der Waals surface area contributed by atoms with E-state index >= 15 is 0 Å². The third kappa shape index (κ3) is 3.17. The van der Waals surface area contributed by atoms with E-state index in [1.54, 1.807) is 0 Å². The summed E-state index contributed by atoms with van der Waals surface area (Å²) in [6.45, 7) is 4.00. The van der Waals surface area contributed by atoms with E-state index < -0.39 is 0 Å². The smallest absolute Gasteiger partial charge is 0.160 e. The summed E-state index contributed by atoms with van der Waals surface area (Å²) < 4.78 is 2.25. The van der Waals surface area contributed by atoms with Crippen LogP contribution in [0.15, 0.2) is 42.6 Å². The molecular formula is C18H22N4. The molecule has 114 valence electrons. The van der Waals surface area contributed by atoms with E-state index in [2.05, 4.69) is 59.7 Å². The first kappa shape index (κ1) is 14.7. The molecule has 0 fully saturated rings. The summed E-state index contributed by atoms with van der Waals surface area (Å²) >= 11 is 0. The maximum Gasteiger partial charge on any atom is 0.160 e. The number of benzene rings is 1. The molecule has 0 saturated carbocycles. The molecule has 0 aliphatic rings. The molecule has 0 atom stereocenters. The quantitative estimate of drug-likeness (QED) is 0.725. The Kier molecular flexibility index (Phi) is 4.20. The van der Waals surface area contributed by atoms with Crippen molar-refractivity contribution in [1.82, 2.24) is 19.4 Å². The van der Waals surface area contributed by atoms with Crippen molar-refractivity contribution in [2.45, 2.75) is 19.9 Å². The molecule has 0 radical (unpaired) electrons. The molecule has 0 amide bonds. The van der Waals surface area contributed by atoms with Crippen LogP contribution in [-0.2, 0) is 13.0 Å². The number of hydrogen-bond donors (Lipinski definition) is 0. The third-order valence-electron chi connectivity index (χ3n) is 3.80. The van der Waals surface area contributed by atoms with E-state index in [9.17, 15) is 0 Å². The van der Waals surface area contributed by atoms with Crippen molar-refractivity contribution in [3.05, 3.63) is 59.5 Å². The van der Waals surface area contributed by atoms with Crippen molar-refractivity contribution >= 4 is 11.2 Å². The molecule has 3 rings (SSSR count). The Morgan fingerprint density at radius 1 is 1.14 bits per heavy atom. The van der Waals surface area contributed by atoms with Gasteiger partial charge in [0.25, 0.3) is 0 Å². The van der Waals surface area contributed by atoms with Gasteiger partial charge in [0.1, 0.15) is 11.3 Å². The number of nitrogens with zero attached hydrogens (tertiary/aromatic N) is 4. The maximum absolute atomic E-state index is 4.80. The number of imidazole rings is 1. The van der Waals surface area contributed by atoms with Gasteiger partial charge in [-0.1, -0.05) is 29.8 Å². The molecule has 2 heterocycles. The van der Waals surface area contributed by atoms with Crippen molar-refractivity contribution in [2.24, 2.45) is 0 Å². The predicted octanol–water partition coefficient (Wildman–Crippen LogP) is 2.89. The Morgan fingerprint density at radius 3 is 2.77 bits per heavy atom. The highest BCUT2D eigenvalue weighted by atomic mass is 15.2. The molecule has 22 heavy (non-hydrogen) atoms. The first-order valence-corrected chi connectivity index (χ1v) is 7.64. The van der Waals surface area contributed by atoms with E-state index in [-0.39, 0.29) is 0 Å². The van der Waals surface area contributed by atoms with E-state index in [1.165, 1.54) is 11.1 Å². The summed E-state index contributed by atoms with van der Waals surface area (Å²) in [7, 11) is 4.18. The fraction of sp³-hybridized carbons (Fsp3) is 0.333. The number of hydrogen-bond acceptors (Lipinski definition) is 3. The number of likely N-dealkylation sites (N-methyl/N-ethyl adjacent to an activating group) is 1. The van der Waals surface area contributed by atoms with Crippen molar-refractivity contribution in [3.8, 4) is 0 Å². The molecule has 0 aliphatic carbocycles. The van der Waals surface area contributed by atoms with Gasteiger partial charge in [0.15, 0.2) is 5.65 Å². The summed E-state index contributed by atoms with van der Waals surface area (Å²) in [5, 5.41) is 0. The van der Waals surface area contributed by atoms with Crippen LogP contribution in [0, 0.1) is 6.92 Å². The standard InChI is InChI=1S/C18H22N4/c1-14-6-4-7-15(12-14)13-17-20-16-8-5-9-19-18(16)22(17)11-10-21(2)3/h4-9,12H,10-11,13H2,1-3H3. The van der Waals surface area contributed by atoms with Crippen LogP contribution < -0.4 is 0 Å². The van der Waals surface area contributed by atoms with E-state index in [0.717, 1.165) is 36.5 Å². The van der Waals surface area contributed by atoms with Crippen LogP contribution in [0.3, 0.4) is 0 Å². The number of pyridine rings is 1. The van der Waals surface area contributed by atoms with Crippen LogP contribution in [0.4, 0.5) is 0 Å². The molecule has 3 aromatic rings. The van der Waals surface area contributed by atoms with Gasteiger partial charge in [0.2, 0.25) is 0 Å². The normalized spacial score (nSPS) is 11.5. The molecule has 0 saturated heterocycles. The third-order valence-corrected chi connectivity index (χ3v) is 3.80. The molecule has 0 unspecified atom stereocenters. The molecule has 2 aromatic heterocycles. The minimum atomic E-state index is 0.839. The molecule has 0 aliphatic heterocycles. The lowest BCUT2D eigenvalue weighted by molar-refractivity contribution is 0.383. The minimum absolute atomic E-state index is 0.839. The Morgan fingerprint density at radius 2 is 2.00 bits per heavy atom. The molecule has 0 bridgehead atoms. The fourth-order valence-electron chi connectivity index (χ4n) is 2.68. The van der Waals surface area contributed by atoms with Crippen molar-refractivity contribution < 1.29 is 0 Å². The van der Waals surface area contributed by atoms with Gasteiger partial charge < -0.3 is 9.47 Å². The number of aromatic nitrogens is 3. The SMILES string of the molecule is Cc1cccc(Cc2nc3cccnc3n2CCN(C)C)c1. The number of fused-ring (bicyclic) bond motifs is 1. The highest BCUT2D eigenvalue weighted by molar-refractivity contribution is 5.71. The van der Waals surface area contributed by atoms with E-state index in [4.69, 9.17) is 4.98 Å². The Bertz CT molecular complexity index is 774. The van der Waals surface area contributed by atoms with Crippen molar-refractivity contribution in [2.75, 3.05) is 20.6 Å². The van der Waals surface area contributed by atoms with E-state index in [1.807, 2.05) is 18.3 Å². The lowest BCUT2D eigenvalue weighted by Crippen LogP contribution is -2.19.